The van der Waals surface area contributed by atoms with Gasteiger partial charge < -0.3 is 20.5 Å². The number of halogens is 1. The second kappa shape index (κ2) is 6.20. The average molecular weight is 305 g/mol. The number of ether oxygens (including phenoxy) is 2. The van der Waals surface area contributed by atoms with Crippen LogP contribution in [0, 0.1) is 11.3 Å². The Morgan fingerprint density at radius 3 is 2.52 bits per heavy atom. The Bertz CT molecular complexity index is 713. The van der Waals surface area contributed by atoms with Crippen LogP contribution >= 0.6 is 11.6 Å². The Morgan fingerprint density at radius 2 is 1.95 bits per heavy atom. The molecule has 0 amide bonds. The summed E-state index contributed by atoms with van der Waals surface area (Å²) < 4.78 is 10.4. The van der Waals surface area contributed by atoms with Gasteiger partial charge in [0.25, 0.3) is 0 Å². The van der Waals surface area contributed by atoms with Crippen LogP contribution in [0.4, 0.5) is 17.2 Å². The first-order valence-electron chi connectivity index (χ1n) is 5.93. The van der Waals surface area contributed by atoms with Gasteiger partial charge in [-0.25, -0.2) is 4.98 Å². The number of nitrogens with one attached hydrogen (secondary N) is 1. The molecule has 0 saturated heterocycles. The number of hydrogen-bond donors (Lipinski definition) is 2. The van der Waals surface area contributed by atoms with Gasteiger partial charge in [-0.05, 0) is 12.1 Å². The third-order valence-corrected chi connectivity index (χ3v) is 3.07. The van der Waals surface area contributed by atoms with E-state index in [-0.39, 0.29) is 0 Å². The molecule has 0 aliphatic rings. The Labute approximate surface area is 127 Å². The van der Waals surface area contributed by atoms with Crippen molar-refractivity contribution in [1.82, 2.24) is 4.98 Å². The van der Waals surface area contributed by atoms with Crippen LogP contribution in [0.25, 0.3) is 0 Å². The van der Waals surface area contributed by atoms with Crippen molar-refractivity contribution in [3.05, 3.63) is 35.0 Å². The Kier molecular flexibility index (Phi) is 4.36. The van der Waals surface area contributed by atoms with Crippen LogP contribution in [-0.4, -0.2) is 19.2 Å². The molecule has 6 nitrogen and oxygen atoms in total. The highest BCUT2D eigenvalue weighted by molar-refractivity contribution is 6.32. The van der Waals surface area contributed by atoms with Crippen LogP contribution in [0.3, 0.4) is 0 Å². The molecule has 0 aliphatic carbocycles. The number of rotatable bonds is 4. The highest BCUT2D eigenvalue weighted by atomic mass is 35.5. The summed E-state index contributed by atoms with van der Waals surface area (Å²) in [6, 6.07) is 6.82. The van der Waals surface area contributed by atoms with Crippen molar-refractivity contribution in [2.75, 3.05) is 25.3 Å². The van der Waals surface area contributed by atoms with E-state index in [2.05, 4.69) is 10.3 Å². The Morgan fingerprint density at radius 1 is 1.24 bits per heavy atom. The normalized spacial score (nSPS) is 9.81. The zero-order chi connectivity index (χ0) is 15.4. The first kappa shape index (κ1) is 14.8. The maximum Gasteiger partial charge on any atom is 0.153 e. The van der Waals surface area contributed by atoms with Crippen LogP contribution in [0.1, 0.15) is 5.56 Å². The van der Waals surface area contributed by atoms with Crippen molar-refractivity contribution in [1.29, 1.82) is 5.26 Å². The number of pyridine rings is 1. The van der Waals surface area contributed by atoms with E-state index in [1.165, 1.54) is 26.5 Å². The second-order valence-corrected chi connectivity index (χ2v) is 4.49. The summed E-state index contributed by atoms with van der Waals surface area (Å²) >= 11 is 6.10. The maximum absolute atomic E-state index is 8.80. The summed E-state index contributed by atoms with van der Waals surface area (Å²) in [5.74, 6) is 1.44. The number of nitriles is 1. The van der Waals surface area contributed by atoms with Gasteiger partial charge in [0, 0.05) is 12.3 Å². The molecule has 0 spiro atoms. The third-order valence-electron chi connectivity index (χ3n) is 2.77. The molecule has 3 N–H and O–H groups in total. The molecular formula is C14H13ClN4O2. The lowest BCUT2D eigenvalue weighted by Gasteiger charge is -2.14. The summed E-state index contributed by atoms with van der Waals surface area (Å²) in [5.41, 5.74) is 7.18. The van der Waals surface area contributed by atoms with Gasteiger partial charge >= 0.3 is 0 Å². The summed E-state index contributed by atoms with van der Waals surface area (Å²) in [6.45, 7) is 0. The molecule has 2 rings (SSSR count). The van der Waals surface area contributed by atoms with E-state index in [9.17, 15) is 0 Å². The first-order chi connectivity index (χ1) is 10.1. The van der Waals surface area contributed by atoms with E-state index in [1.807, 2.05) is 6.07 Å². The van der Waals surface area contributed by atoms with Gasteiger partial charge in [0.05, 0.1) is 36.2 Å². The molecule has 0 unspecified atom stereocenters. The highest BCUT2D eigenvalue weighted by Crippen LogP contribution is 2.37. The van der Waals surface area contributed by atoms with Gasteiger partial charge in [0.2, 0.25) is 0 Å². The fourth-order valence-electron chi connectivity index (χ4n) is 1.73. The molecule has 0 saturated carbocycles. The fourth-order valence-corrected chi connectivity index (χ4v) is 1.97. The minimum absolute atomic E-state index is 0.350. The van der Waals surface area contributed by atoms with Crippen LogP contribution in [0.2, 0.25) is 5.02 Å². The van der Waals surface area contributed by atoms with Crippen LogP contribution in [0.5, 0.6) is 11.5 Å². The van der Waals surface area contributed by atoms with E-state index < -0.39 is 0 Å². The maximum atomic E-state index is 8.80. The number of nitrogens with two attached hydrogens (primary N) is 1. The van der Waals surface area contributed by atoms with Crippen LogP contribution in [-0.2, 0) is 0 Å². The average Bonchev–Trinajstić information content (AvgIpc) is 2.49. The lowest BCUT2D eigenvalue weighted by molar-refractivity contribution is 0.396. The summed E-state index contributed by atoms with van der Waals surface area (Å²) in [4.78, 5) is 4.10. The van der Waals surface area contributed by atoms with Crippen molar-refractivity contribution >= 4 is 28.8 Å². The zero-order valence-corrected chi connectivity index (χ0v) is 12.2. The van der Waals surface area contributed by atoms with Gasteiger partial charge in [-0.2, -0.15) is 5.26 Å². The fraction of sp³-hybridized carbons (Fsp3) is 0.143. The van der Waals surface area contributed by atoms with E-state index >= 15 is 0 Å². The molecule has 0 bridgehead atoms. The van der Waals surface area contributed by atoms with Gasteiger partial charge in [0.15, 0.2) is 5.82 Å². The largest absolute Gasteiger partial charge is 0.495 e. The van der Waals surface area contributed by atoms with Crippen molar-refractivity contribution in [2.45, 2.75) is 0 Å². The quantitative estimate of drug-likeness (QED) is 0.902. The molecule has 0 aliphatic heterocycles. The summed E-state index contributed by atoms with van der Waals surface area (Å²) in [6.07, 6.45) is 1.43. The van der Waals surface area contributed by atoms with Gasteiger partial charge in [-0.1, -0.05) is 11.6 Å². The minimum atomic E-state index is 0.350. The van der Waals surface area contributed by atoms with E-state index in [1.54, 1.807) is 12.1 Å². The summed E-state index contributed by atoms with van der Waals surface area (Å²) in [5, 5.41) is 12.3. The second-order valence-electron chi connectivity index (χ2n) is 4.09. The van der Waals surface area contributed by atoms with E-state index in [0.29, 0.717) is 39.3 Å². The standard InChI is InChI=1S/C14H13ClN4O2/c1-20-12-5-13(21-2)11(4-9(12)15)19-14-10(17)3-8(6-16)7-18-14/h3-5,7H,17H2,1-2H3,(H,18,19). The molecule has 21 heavy (non-hydrogen) atoms. The predicted octanol–water partition coefficient (Wildman–Crippen LogP) is 2.95. The lowest BCUT2D eigenvalue weighted by atomic mass is 10.2. The van der Waals surface area contributed by atoms with Gasteiger partial charge in [-0.15, -0.1) is 0 Å². The monoisotopic (exact) mass is 304 g/mol. The SMILES string of the molecule is COc1cc(OC)c(Nc2ncc(C#N)cc2N)cc1Cl. The number of aromatic nitrogens is 1. The molecule has 1 heterocycles. The summed E-state index contributed by atoms with van der Waals surface area (Å²) in [7, 11) is 3.05. The molecule has 0 radical (unpaired) electrons. The Hall–Kier alpha value is -2.65. The van der Waals surface area contributed by atoms with Crippen LogP contribution < -0.4 is 20.5 Å². The van der Waals surface area contributed by atoms with E-state index in [4.69, 9.17) is 32.1 Å². The van der Waals surface area contributed by atoms with Gasteiger partial charge in [-0.3, -0.25) is 0 Å². The van der Waals surface area contributed by atoms with Crippen molar-refractivity contribution in [3.8, 4) is 17.6 Å². The number of nitrogens with zero attached hydrogens (tertiary/aromatic N) is 2. The number of nitrogen functional groups attached to an aromatic ring is 1. The molecule has 108 valence electrons. The smallest absolute Gasteiger partial charge is 0.153 e. The zero-order valence-electron chi connectivity index (χ0n) is 11.5. The number of hydrogen-bond acceptors (Lipinski definition) is 6. The van der Waals surface area contributed by atoms with E-state index in [0.717, 1.165) is 0 Å². The predicted molar refractivity (Wildman–Crippen MR) is 81.2 cm³/mol. The number of methoxy groups -OCH3 is 2. The molecule has 2 aromatic rings. The minimum Gasteiger partial charge on any atom is -0.495 e. The molecule has 1 aromatic carbocycles. The third kappa shape index (κ3) is 3.09. The first-order valence-corrected chi connectivity index (χ1v) is 6.31. The topological polar surface area (TPSA) is 93.2 Å². The number of anilines is 3. The Balaban J connectivity index is 2.40. The van der Waals surface area contributed by atoms with Crippen molar-refractivity contribution in [3.63, 3.8) is 0 Å². The highest BCUT2D eigenvalue weighted by Gasteiger charge is 2.12. The van der Waals surface area contributed by atoms with Gasteiger partial charge in [0.1, 0.15) is 17.6 Å². The van der Waals surface area contributed by atoms with Crippen molar-refractivity contribution in [2.24, 2.45) is 0 Å². The number of benzene rings is 1. The van der Waals surface area contributed by atoms with Crippen LogP contribution in [0.15, 0.2) is 24.4 Å². The van der Waals surface area contributed by atoms with Crippen molar-refractivity contribution < 1.29 is 9.47 Å². The molecule has 1 aromatic heterocycles. The molecule has 7 heteroatoms. The molecule has 0 fully saturated rings. The molecule has 0 atom stereocenters. The molecular weight excluding hydrogens is 292 g/mol. The lowest BCUT2D eigenvalue weighted by Crippen LogP contribution is -2.02.